The number of Topliss-reactive ketones (excluding diaryl/α,β-unsaturated/α-hetero) is 1. The number of likely N-dealkylation sites (tertiary alicyclic amines) is 1. The number of methoxy groups -OCH3 is 1. The zero-order valence-electron chi connectivity index (χ0n) is 16.8. The van der Waals surface area contributed by atoms with Gasteiger partial charge in [0.25, 0.3) is 11.7 Å². The van der Waals surface area contributed by atoms with Gasteiger partial charge in [-0.2, -0.15) is 0 Å². The molecule has 3 rings (SSSR count). The molecule has 1 amide bonds. The van der Waals surface area contributed by atoms with Crippen LogP contribution in [0.3, 0.4) is 0 Å². The zero-order valence-corrected chi connectivity index (χ0v) is 16.8. The first kappa shape index (κ1) is 20.5. The Hall–Kier alpha value is -3.19. The maximum Gasteiger partial charge on any atom is 0.295 e. The van der Waals surface area contributed by atoms with Gasteiger partial charge in [-0.25, -0.2) is 0 Å². The summed E-state index contributed by atoms with van der Waals surface area (Å²) in [6.07, 6.45) is 3.77. The number of carbonyl (C=O) groups excluding carboxylic acids is 2. The van der Waals surface area contributed by atoms with Crippen LogP contribution >= 0.6 is 0 Å². The number of rotatable bonds is 7. The van der Waals surface area contributed by atoms with Crippen molar-refractivity contribution in [2.45, 2.75) is 12.5 Å². The highest BCUT2D eigenvalue weighted by Gasteiger charge is 2.45. The number of ether oxygens (including phenoxy) is 1. The predicted molar refractivity (Wildman–Crippen MR) is 109 cm³/mol. The molecule has 7 nitrogen and oxygen atoms in total. The van der Waals surface area contributed by atoms with E-state index in [0.717, 1.165) is 12.1 Å². The Kier molecular flexibility index (Phi) is 6.29. The highest BCUT2D eigenvalue weighted by atomic mass is 16.5. The lowest BCUT2D eigenvalue weighted by Crippen LogP contribution is -2.32. The first-order valence-electron chi connectivity index (χ1n) is 9.41. The van der Waals surface area contributed by atoms with Gasteiger partial charge in [0.1, 0.15) is 11.5 Å². The Bertz CT molecular complexity index is 907. The summed E-state index contributed by atoms with van der Waals surface area (Å²) in [6, 6.07) is 9.75. The molecule has 2 heterocycles. The highest BCUT2D eigenvalue weighted by molar-refractivity contribution is 6.46. The molecule has 1 saturated heterocycles. The number of hydrogen-bond acceptors (Lipinski definition) is 6. The third kappa shape index (κ3) is 4.30. The molecule has 0 saturated carbocycles. The number of nitrogens with zero attached hydrogens (tertiary/aromatic N) is 3. The van der Waals surface area contributed by atoms with Gasteiger partial charge in [-0.1, -0.05) is 12.1 Å². The SMILES string of the molecule is COc1ccc([C@@H]2/C(=C(\O)c3ccncc3)C(=O)C(=O)N2CCCN(C)C)cc1. The second kappa shape index (κ2) is 8.87. The van der Waals surface area contributed by atoms with Gasteiger partial charge in [0.15, 0.2) is 0 Å². The van der Waals surface area contributed by atoms with Crippen LogP contribution in [0, 0.1) is 0 Å². The van der Waals surface area contributed by atoms with E-state index in [0.29, 0.717) is 24.3 Å². The number of pyridine rings is 1. The van der Waals surface area contributed by atoms with Crippen molar-refractivity contribution in [2.24, 2.45) is 0 Å². The lowest BCUT2D eigenvalue weighted by atomic mass is 9.95. The van der Waals surface area contributed by atoms with Gasteiger partial charge in [-0.15, -0.1) is 0 Å². The average molecular weight is 395 g/mol. The molecule has 1 aromatic heterocycles. The smallest absolute Gasteiger partial charge is 0.295 e. The van der Waals surface area contributed by atoms with Crippen molar-refractivity contribution in [3.8, 4) is 5.75 Å². The minimum atomic E-state index is -0.676. The number of aromatic nitrogens is 1. The Morgan fingerprint density at radius 2 is 1.79 bits per heavy atom. The maximum atomic E-state index is 12.9. The summed E-state index contributed by atoms with van der Waals surface area (Å²) in [5, 5.41) is 10.9. The number of carbonyl (C=O) groups is 2. The fourth-order valence-corrected chi connectivity index (χ4v) is 3.47. The van der Waals surface area contributed by atoms with Crippen LogP contribution in [0.4, 0.5) is 0 Å². The number of ketones is 1. The van der Waals surface area contributed by atoms with Crippen LogP contribution in [-0.2, 0) is 9.59 Å². The maximum absolute atomic E-state index is 12.9. The molecule has 29 heavy (non-hydrogen) atoms. The summed E-state index contributed by atoms with van der Waals surface area (Å²) >= 11 is 0. The molecule has 1 aliphatic rings. The van der Waals surface area contributed by atoms with E-state index in [-0.39, 0.29) is 11.3 Å². The Balaban J connectivity index is 2.06. The largest absolute Gasteiger partial charge is 0.507 e. The minimum absolute atomic E-state index is 0.0937. The topological polar surface area (TPSA) is 83.0 Å². The van der Waals surface area contributed by atoms with E-state index in [9.17, 15) is 14.7 Å². The van der Waals surface area contributed by atoms with Gasteiger partial charge in [0.2, 0.25) is 0 Å². The van der Waals surface area contributed by atoms with E-state index in [1.807, 2.05) is 31.1 Å². The molecule has 1 N–H and O–H groups in total. The average Bonchev–Trinajstić information content (AvgIpc) is 2.98. The molecule has 1 fully saturated rings. The van der Waals surface area contributed by atoms with Crippen molar-refractivity contribution in [1.29, 1.82) is 0 Å². The summed E-state index contributed by atoms with van der Waals surface area (Å²) in [7, 11) is 5.49. The summed E-state index contributed by atoms with van der Waals surface area (Å²) in [5.41, 5.74) is 1.28. The second-order valence-electron chi connectivity index (χ2n) is 7.16. The molecule has 0 spiro atoms. The van der Waals surface area contributed by atoms with E-state index >= 15 is 0 Å². The van der Waals surface area contributed by atoms with E-state index in [4.69, 9.17) is 4.74 Å². The van der Waals surface area contributed by atoms with Crippen LogP contribution in [0.1, 0.15) is 23.6 Å². The lowest BCUT2D eigenvalue weighted by molar-refractivity contribution is -0.139. The molecule has 1 atom stereocenters. The fraction of sp³-hybridized carbons (Fsp3) is 0.318. The van der Waals surface area contributed by atoms with Crippen LogP contribution < -0.4 is 4.74 Å². The van der Waals surface area contributed by atoms with Crippen LogP contribution in [0.15, 0.2) is 54.4 Å². The number of hydrogen-bond donors (Lipinski definition) is 1. The first-order valence-corrected chi connectivity index (χ1v) is 9.41. The second-order valence-corrected chi connectivity index (χ2v) is 7.16. The predicted octanol–water partition coefficient (Wildman–Crippen LogP) is 2.46. The van der Waals surface area contributed by atoms with Crippen LogP contribution in [0.25, 0.3) is 5.76 Å². The van der Waals surface area contributed by atoms with Gasteiger partial charge in [0.05, 0.1) is 18.7 Å². The number of aliphatic hydroxyl groups is 1. The summed E-state index contributed by atoms with van der Waals surface area (Å²) in [6.45, 7) is 1.19. The van der Waals surface area contributed by atoms with E-state index in [1.165, 1.54) is 12.4 Å². The quantitative estimate of drug-likeness (QED) is 0.441. The molecular weight excluding hydrogens is 370 g/mol. The van der Waals surface area contributed by atoms with Crippen molar-refractivity contribution in [3.63, 3.8) is 0 Å². The van der Waals surface area contributed by atoms with Crippen molar-refractivity contribution < 1.29 is 19.4 Å². The number of aliphatic hydroxyl groups excluding tert-OH is 1. The molecule has 0 aliphatic carbocycles. The van der Waals surface area contributed by atoms with Crippen LogP contribution in [-0.4, -0.2) is 65.9 Å². The molecule has 0 unspecified atom stereocenters. The van der Waals surface area contributed by atoms with E-state index in [2.05, 4.69) is 4.98 Å². The van der Waals surface area contributed by atoms with Crippen LogP contribution in [0.2, 0.25) is 0 Å². The van der Waals surface area contributed by atoms with Gasteiger partial charge in [-0.05, 0) is 56.9 Å². The third-order valence-electron chi connectivity index (χ3n) is 4.93. The van der Waals surface area contributed by atoms with Crippen molar-refractivity contribution in [1.82, 2.24) is 14.8 Å². The molecule has 2 aromatic rings. The molecule has 0 radical (unpaired) electrons. The number of amides is 1. The van der Waals surface area contributed by atoms with Gasteiger partial charge < -0.3 is 19.6 Å². The monoisotopic (exact) mass is 395 g/mol. The van der Waals surface area contributed by atoms with Crippen molar-refractivity contribution >= 4 is 17.4 Å². The summed E-state index contributed by atoms with van der Waals surface area (Å²) in [5.74, 6) is -0.792. The lowest BCUT2D eigenvalue weighted by Gasteiger charge is -2.26. The Morgan fingerprint density at radius 3 is 2.38 bits per heavy atom. The minimum Gasteiger partial charge on any atom is -0.507 e. The van der Waals surface area contributed by atoms with Gasteiger partial charge in [0, 0.05) is 24.5 Å². The highest BCUT2D eigenvalue weighted by Crippen LogP contribution is 2.39. The zero-order chi connectivity index (χ0) is 21.0. The molecule has 1 aromatic carbocycles. The molecular formula is C22H25N3O4. The Labute approximate surface area is 170 Å². The normalized spacial score (nSPS) is 18.5. The fourth-order valence-electron chi connectivity index (χ4n) is 3.47. The Morgan fingerprint density at radius 1 is 1.14 bits per heavy atom. The molecule has 1 aliphatic heterocycles. The van der Waals surface area contributed by atoms with Crippen molar-refractivity contribution in [3.05, 3.63) is 65.5 Å². The van der Waals surface area contributed by atoms with Crippen molar-refractivity contribution in [2.75, 3.05) is 34.3 Å². The first-order chi connectivity index (χ1) is 13.9. The van der Waals surface area contributed by atoms with E-state index in [1.54, 1.807) is 36.3 Å². The summed E-state index contributed by atoms with van der Waals surface area (Å²) in [4.78, 5) is 33.2. The molecule has 7 heteroatoms. The van der Waals surface area contributed by atoms with Crippen LogP contribution in [0.5, 0.6) is 5.75 Å². The number of benzene rings is 1. The molecule has 0 bridgehead atoms. The molecule has 152 valence electrons. The van der Waals surface area contributed by atoms with Gasteiger partial charge >= 0.3 is 0 Å². The van der Waals surface area contributed by atoms with Gasteiger partial charge in [-0.3, -0.25) is 14.6 Å². The third-order valence-corrected chi connectivity index (χ3v) is 4.93. The van der Waals surface area contributed by atoms with E-state index < -0.39 is 17.7 Å². The summed E-state index contributed by atoms with van der Waals surface area (Å²) < 4.78 is 5.21. The standard InChI is InChI=1S/C22H25N3O4/c1-24(2)13-4-14-25-19(15-5-7-17(29-3)8-6-15)18(21(27)22(25)28)20(26)16-9-11-23-12-10-16/h5-12,19,26H,4,13-14H2,1-3H3/b20-18+/t19-/m1/s1.